The van der Waals surface area contributed by atoms with E-state index in [9.17, 15) is 0 Å². The van der Waals surface area contributed by atoms with Crippen molar-refractivity contribution in [3.8, 4) is 0 Å². The SMILES string of the molecule is COCc1ccc([C@@H]2CO2)cc1. The van der Waals surface area contributed by atoms with Crippen molar-refractivity contribution in [1.29, 1.82) is 0 Å². The topological polar surface area (TPSA) is 21.8 Å². The lowest BCUT2D eigenvalue weighted by atomic mass is 10.1. The largest absolute Gasteiger partial charge is 0.380 e. The van der Waals surface area contributed by atoms with Gasteiger partial charge in [-0.3, -0.25) is 0 Å². The van der Waals surface area contributed by atoms with Crippen molar-refractivity contribution in [2.24, 2.45) is 0 Å². The summed E-state index contributed by atoms with van der Waals surface area (Å²) >= 11 is 0. The summed E-state index contributed by atoms with van der Waals surface area (Å²) in [6.07, 6.45) is 0.363. The Labute approximate surface area is 72.1 Å². The summed E-state index contributed by atoms with van der Waals surface area (Å²) in [7, 11) is 1.71. The molecule has 0 saturated carbocycles. The molecular weight excluding hydrogens is 152 g/mol. The molecule has 1 heterocycles. The van der Waals surface area contributed by atoms with Crippen LogP contribution in [0.4, 0.5) is 0 Å². The fraction of sp³-hybridized carbons (Fsp3) is 0.400. The van der Waals surface area contributed by atoms with Crippen molar-refractivity contribution in [3.05, 3.63) is 35.4 Å². The second-order valence-electron chi connectivity index (χ2n) is 3.00. The van der Waals surface area contributed by atoms with Gasteiger partial charge in [0.25, 0.3) is 0 Å². The first-order valence-electron chi connectivity index (χ1n) is 4.09. The fourth-order valence-corrected chi connectivity index (χ4v) is 1.24. The molecule has 0 amide bonds. The number of methoxy groups -OCH3 is 1. The third-order valence-electron chi connectivity index (χ3n) is 2.00. The predicted molar refractivity (Wildman–Crippen MR) is 45.8 cm³/mol. The molecule has 0 spiro atoms. The highest BCUT2D eigenvalue weighted by Crippen LogP contribution is 2.29. The lowest BCUT2D eigenvalue weighted by Crippen LogP contribution is -1.87. The monoisotopic (exact) mass is 164 g/mol. The number of epoxide rings is 1. The fourth-order valence-electron chi connectivity index (χ4n) is 1.24. The zero-order valence-electron chi connectivity index (χ0n) is 7.12. The zero-order chi connectivity index (χ0) is 8.39. The van der Waals surface area contributed by atoms with Crippen LogP contribution < -0.4 is 0 Å². The van der Waals surface area contributed by atoms with Crippen LogP contribution in [0.25, 0.3) is 0 Å². The summed E-state index contributed by atoms with van der Waals surface area (Å²) in [6, 6.07) is 8.37. The Bertz CT molecular complexity index is 249. The quantitative estimate of drug-likeness (QED) is 0.636. The van der Waals surface area contributed by atoms with E-state index in [4.69, 9.17) is 9.47 Å². The van der Waals surface area contributed by atoms with Crippen LogP contribution in [0.3, 0.4) is 0 Å². The van der Waals surface area contributed by atoms with Gasteiger partial charge in [-0.2, -0.15) is 0 Å². The Balaban J connectivity index is 2.08. The Morgan fingerprint density at radius 3 is 2.58 bits per heavy atom. The van der Waals surface area contributed by atoms with Crippen LogP contribution in [0.15, 0.2) is 24.3 Å². The molecule has 0 radical (unpaired) electrons. The highest BCUT2D eigenvalue weighted by molar-refractivity contribution is 5.25. The van der Waals surface area contributed by atoms with Crippen LogP contribution in [0, 0.1) is 0 Å². The summed E-state index contributed by atoms with van der Waals surface area (Å²) < 4.78 is 10.2. The normalized spacial score (nSPS) is 20.9. The van der Waals surface area contributed by atoms with Gasteiger partial charge in [0.2, 0.25) is 0 Å². The molecule has 1 fully saturated rings. The smallest absolute Gasteiger partial charge is 0.106 e. The van der Waals surface area contributed by atoms with Crippen molar-refractivity contribution >= 4 is 0 Å². The summed E-state index contributed by atoms with van der Waals surface area (Å²) in [6.45, 7) is 1.56. The first kappa shape index (κ1) is 7.77. The molecule has 64 valence electrons. The van der Waals surface area contributed by atoms with Gasteiger partial charge in [-0.1, -0.05) is 24.3 Å². The van der Waals surface area contributed by atoms with E-state index in [0.717, 1.165) is 6.61 Å². The molecule has 2 rings (SSSR count). The molecule has 1 aromatic carbocycles. The summed E-state index contributed by atoms with van der Waals surface area (Å²) in [4.78, 5) is 0. The predicted octanol–water partition coefficient (Wildman–Crippen LogP) is 1.90. The minimum atomic E-state index is 0.363. The Kier molecular flexibility index (Phi) is 2.11. The third-order valence-corrected chi connectivity index (χ3v) is 2.00. The molecule has 1 aromatic rings. The van der Waals surface area contributed by atoms with Crippen molar-refractivity contribution < 1.29 is 9.47 Å². The number of rotatable bonds is 3. The number of hydrogen-bond donors (Lipinski definition) is 0. The van der Waals surface area contributed by atoms with Crippen LogP contribution in [0.1, 0.15) is 17.2 Å². The van der Waals surface area contributed by atoms with E-state index in [1.165, 1.54) is 11.1 Å². The molecule has 0 aromatic heterocycles. The number of benzene rings is 1. The summed E-state index contributed by atoms with van der Waals surface area (Å²) in [5.41, 5.74) is 2.48. The molecule has 2 heteroatoms. The van der Waals surface area contributed by atoms with Gasteiger partial charge in [0, 0.05) is 7.11 Å². The summed E-state index contributed by atoms with van der Waals surface area (Å²) in [5, 5.41) is 0. The van der Waals surface area contributed by atoms with E-state index in [0.29, 0.717) is 12.7 Å². The van der Waals surface area contributed by atoms with Gasteiger partial charge in [-0.25, -0.2) is 0 Å². The molecule has 1 saturated heterocycles. The molecule has 0 aliphatic carbocycles. The van der Waals surface area contributed by atoms with Crippen LogP contribution in [-0.4, -0.2) is 13.7 Å². The second-order valence-corrected chi connectivity index (χ2v) is 3.00. The van der Waals surface area contributed by atoms with Crippen LogP contribution in [0.2, 0.25) is 0 Å². The van der Waals surface area contributed by atoms with Gasteiger partial charge in [-0.05, 0) is 11.1 Å². The molecule has 1 atom stereocenters. The van der Waals surface area contributed by atoms with Crippen molar-refractivity contribution in [2.45, 2.75) is 12.7 Å². The van der Waals surface area contributed by atoms with Gasteiger partial charge in [-0.15, -0.1) is 0 Å². The van der Waals surface area contributed by atoms with E-state index in [1.807, 2.05) is 0 Å². The first-order valence-corrected chi connectivity index (χ1v) is 4.09. The molecule has 0 N–H and O–H groups in total. The number of ether oxygens (including phenoxy) is 2. The van der Waals surface area contributed by atoms with Gasteiger partial charge in [0.1, 0.15) is 6.10 Å². The minimum Gasteiger partial charge on any atom is -0.380 e. The van der Waals surface area contributed by atoms with Crippen molar-refractivity contribution in [3.63, 3.8) is 0 Å². The van der Waals surface area contributed by atoms with Crippen LogP contribution >= 0.6 is 0 Å². The molecule has 0 unspecified atom stereocenters. The van der Waals surface area contributed by atoms with E-state index in [2.05, 4.69) is 24.3 Å². The Hall–Kier alpha value is -0.860. The van der Waals surface area contributed by atoms with Gasteiger partial charge >= 0.3 is 0 Å². The van der Waals surface area contributed by atoms with E-state index in [1.54, 1.807) is 7.11 Å². The highest BCUT2D eigenvalue weighted by atomic mass is 16.6. The molecule has 2 nitrogen and oxygen atoms in total. The lowest BCUT2D eigenvalue weighted by Gasteiger charge is -2.00. The van der Waals surface area contributed by atoms with Gasteiger partial charge in [0.05, 0.1) is 13.2 Å². The standard InChI is InChI=1S/C10H12O2/c1-11-6-8-2-4-9(5-3-8)10-7-12-10/h2-5,10H,6-7H2,1H3/t10-/m0/s1. The molecule has 0 bridgehead atoms. The average Bonchev–Trinajstić information content (AvgIpc) is 2.89. The molecule has 1 aliphatic heterocycles. The first-order chi connectivity index (χ1) is 5.90. The average molecular weight is 164 g/mol. The van der Waals surface area contributed by atoms with Gasteiger partial charge < -0.3 is 9.47 Å². The van der Waals surface area contributed by atoms with Crippen molar-refractivity contribution in [1.82, 2.24) is 0 Å². The second kappa shape index (κ2) is 3.25. The molecule has 1 aliphatic rings. The lowest BCUT2D eigenvalue weighted by molar-refractivity contribution is 0.185. The number of hydrogen-bond acceptors (Lipinski definition) is 2. The molecular formula is C10H12O2. The maximum atomic E-state index is 5.16. The van der Waals surface area contributed by atoms with Gasteiger partial charge in [0.15, 0.2) is 0 Å². The van der Waals surface area contributed by atoms with E-state index < -0.39 is 0 Å². The maximum absolute atomic E-state index is 5.16. The van der Waals surface area contributed by atoms with Crippen LogP contribution in [0.5, 0.6) is 0 Å². The molecule has 12 heavy (non-hydrogen) atoms. The minimum absolute atomic E-state index is 0.363. The summed E-state index contributed by atoms with van der Waals surface area (Å²) in [5.74, 6) is 0. The Morgan fingerprint density at radius 1 is 1.42 bits per heavy atom. The highest BCUT2D eigenvalue weighted by Gasteiger charge is 2.23. The van der Waals surface area contributed by atoms with E-state index in [-0.39, 0.29) is 0 Å². The van der Waals surface area contributed by atoms with Crippen molar-refractivity contribution in [2.75, 3.05) is 13.7 Å². The maximum Gasteiger partial charge on any atom is 0.106 e. The van der Waals surface area contributed by atoms with Crippen LogP contribution in [-0.2, 0) is 16.1 Å². The zero-order valence-corrected chi connectivity index (χ0v) is 7.12. The Morgan fingerprint density at radius 2 is 2.08 bits per heavy atom. The van der Waals surface area contributed by atoms with E-state index >= 15 is 0 Å². The third kappa shape index (κ3) is 1.65.